The minimum Gasteiger partial charge on any atom is -0.322 e. The van der Waals surface area contributed by atoms with Crippen LogP contribution < -0.4 is 5.73 Å². The third-order valence-corrected chi connectivity index (χ3v) is 4.36. The van der Waals surface area contributed by atoms with Gasteiger partial charge >= 0.3 is 0 Å². The number of hydrogen-bond acceptors (Lipinski definition) is 4. The van der Waals surface area contributed by atoms with Crippen molar-refractivity contribution in [3.05, 3.63) is 49.3 Å². The van der Waals surface area contributed by atoms with Gasteiger partial charge in [0, 0.05) is 9.85 Å². The zero-order chi connectivity index (χ0) is 13.3. The highest BCUT2D eigenvalue weighted by atomic mass is 79.9. The van der Waals surface area contributed by atoms with Crippen molar-refractivity contribution in [3.8, 4) is 0 Å². The van der Waals surface area contributed by atoms with Crippen LogP contribution in [-0.2, 0) is 0 Å². The first-order valence-electron chi connectivity index (χ1n) is 5.20. The third-order valence-electron chi connectivity index (χ3n) is 2.33. The summed E-state index contributed by atoms with van der Waals surface area (Å²) in [5, 5.41) is 2.85. The standard InChI is InChI=1S/C12H10BrClN2OS/c1-6(15)12-16-9(5-18-12)11(17)10-7(13)3-2-4-8(10)14/h2-6H,15H2,1H3. The van der Waals surface area contributed by atoms with Gasteiger partial charge < -0.3 is 5.73 Å². The molecule has 0 spiro atoms. The summed E-state index contributed by atoms with van der Waals surface area (Å²) < 4.78 is 0.662. The van der Waals surface area contributed by atoms with E-state index < -0.39 is 0 Å². The molecule has 3 nitrogen and oxygen atoms in total. The predicted octanol–water partition coefficient (Wildman–Crippen LogP) is 3.81. The topological polar surface area (TPSA) is 56.0 Å². The van der Waals surface area contributed by atoms with Crippen molar-refractivity contribution in [1.29, 1.82) is 0 Å². The number of carbonyl (C=O) groups is 1. The van der Waals surface area contributed by atoms with E-state index in [9.17, 15) is 4.79 Å². The second-order valence-electron chi connectivity index (χ2n) is 3.79. The fourth-order valence-corrected chi connectivity index (χ4v) is 3.12. The SMILES string of the molecule is CC(N)c1nc(C(=O)c2c(Cl)cccc2Br)cs1. The van der Waals surface area contributed by atoms with Crippen LogP contribution in [0.4, 0.5) is 0 Å². The first-order valence-corrected chi connectivity index (χ1v) is 7.25. The van der Waals surface area contributed by atoms with E-state index in [1.807, 2.05) is 6.92 Å². The Labute approximate surface area is 122 Å². The molecule has 0 aliphatic carbocycles. The normalized spacial score (nSPS) is 12.4. The van der Waals surface area contributed by atoms with Gasteiger partial charge in [-0.15, -0.1) is 11.3 Å². The number of ketones is 1. The Hall–Kier alpha value is -0.750. The van der Waals surface area contributed by atoms with Crippen LogP contribution in [-0.4, -0.2) is 10.8 Å². The molecule has 18 heavy (non-hydrogen) atoms. The summed E-state index contributed by atoms with van der Waals surface area (Å²) in [4.78, 5) is 16.5. The quantitative estimate of drug-likeness (QED) is 0.861. The molecule has 1 atom stereocenters. The minimum absolute atomic E-state index is 0.175. The van der Waals surface area contributed by atoms with Crippen LogP contribution in [0.2, 0.25) is 5.02 Å². The number of halogens is 2. The van der Waals surface area contributed by atoms with E-state index in [1.54, 1.807) is 23.6 Å². The van der Waals surface area contributed by atoms with Crippen molar-refractivity contribution in [2.45, 2.75) is 13.0 Å². The van der Waals surface area contributed by atoms with Gasteiger partial charge in [0.25, 0.3) is 0 Å². The van der Waals surface area contributed by atoms with Gasteiger partial charge in [-0.05, 0) is 35.0 Å². The van der Waals surface area contributed by atoms with Crippen molar-refractivity contribution in [2.24, 2.45) is 5.73 Å². The summed E-state index contributed by atoms with van der Waals surface area (Å²) in [5.74, 6) is -0.198. The summed E-state index contributed by atoms with van der Waals surface area (Å²) >= 11 is 10.7. The molecule has 0 aliphatic rings. The Kier molecular flexibility index (Phi) is 4.17. The number of carbonyl (C=O) groups excluding carboxylic acids is 1. The molecule has 94 valence electrons. The van der Waals surface area contributed by atoms with E-state index in [2.05, 4.69) is 20.9 Å². The van der Waals surface area contributed by atoms with Crippen molar-refractivity contribution < 1.29 is 4.79 Å². The van der Waals surface area contributed by atoms with Gasteiger partial charge in [0.2, 0.25) is 5.78 Å². The largest absolute Gasteiger partial charge is 0.322 e. The van der Waals surface area contributed by atoms with Crippen LogP contribution in [0.5, 0.6) is 0 Å². The monoisotopic (exact) mass is 344 g/mol. The molecule has 6 heteroatoms. The Morgan fingerprint density at radius 1 is 1.56 bits per heavy atom. The van der Waals surface area contributed by atoms with E-state index in [0.717, 1.165) is 5.01 Å². The summed E-state index contributed by atoms with van der Waals surface area (Å²) in [5.41, 5.74) is 6.53. The van der Waals surface area contributed by atoms with Crippen LogP contribution in [0, 0.1) is 0 Å². The first-order chi connectivity index (χ1) is 8.50. The highest BCUT2D eigenvalue weighted by Gasteiger charge is 2.19. The predicted molar refractivity (Wildman–Crippen MR) is 77.3 cm³/mol. The lowest BCUT2D eigenvalue weighted by atomic mass is 10.1. The molecule has 0 bridgehead atoms. The van der Waals surface area contributed by atoms with Gasteiger partial charge in [-0.3, -0.25) is 4.79 Å². The number of nitrogens with zero attached hydrogens (tertiary/aromatic N) is 1. The van der Waals surface area contributed by atoms with Gasteiger partial charge in [-0.1, -0.05) is 17.7 Å². The van der Waals surface area contributed by atoms with E-state index in [1.165, 1.54) is 11.3 Å². The lowest BCUT2D eigenvalue weighted by Crippen LogP contribution is -2.07. The lowest BCUT2D eigenvalue weighted by molar-refractivity contribution is 0.103. The first kappa shape index (κ1) is 13.7. The molecule has 0 fully saturated rings. The Morgan fingerprint density at radius 2 is 2.28 bits per heavy atom. The van der Waals surface area contributed by atoms with Gasteiger partial charge in [0.1, 0.15) is 10.7 Å². The summed E-state index contributed by atoms with van der Waals surface area (Å²) in [7, 11) is 0. The molecule has 2 rings (SSSR count). The number of thiazole rings is 1. The van der Waals surface area contributed by atoms with Crippen LogP contribution in [0.1, 0.15) is 34.0 Å². The van der Waals surface area contributed by atoms with Crippen molar-refractivity contribution >= 4 is 44.7 Å². The van der Waals surface area contributed by atoms with E-state index in [-0.39, 0.29) is 11.8 Å². The van der Waals surface area contributed by atoms with Gasteiger partial charge in [-0.2, -0.15) is 0 Å². The molecule has 0 saturated carbocycles. The van der Waals surface area contributed by atoms with Gasteiger partial charge in [0.05, 0.1) is 16.6 Å². The molecule has 0 radical (unpaired) electrons. The Morgan fingerprint density at radius 3 is 2.83 bits per heavy atom. The molecule has 1 aromatic carbocycles. The van der Waals surface area contributed by atoms with E-state index >= 15 is 0 Å². The molecule has 1 unspecified atom stereocenters. The molecule has 2 aromatic rings. The highest BCUT2D eigenvalue weighted by Crippen LogP contribution is 2.28. The molecule has 0 amide bonds. The minimum atomic E-state index is -0.198. The number of rotatable bonds is 3. The van der Waals surface area contributed by atoms with Crippen LogP contribution >= 0.6 is 38.9 Å². The molecular weight excluding hydrogens is 336 g/mol. The maximum Gasteiger partial charge on any atom is 0.214 e. The second-order valence-corrected chi connectivity index (χ2v) is 5.94. The van der Waals surface area contributed by atoms with Crippen LogP contribution in [0.3, 0.4) is 0 Å². The third kappa shape index (κ3) is 2.64. The Balaban J connectivity index is 2.42. The Bertz CT molecular complexity index is 577. The van der Waals surface area contributed by atoms with Crippen molar-refractivity contribution in [2.75, 3.05) is 0 Å². The molecule has 0 aliphatic heterocycles. The highest BCUT2D eigenvalue weighted by molar-refractivity contribution is 9.10. The smallest absolute Gasteiger partial charge is 0.214 e. The van der Waals surface area contributed by atoms with Crippen LogP contribution in [0.15, 0.2) is 28.1 Å². The fraction of sp³-hybridized carbons (Fsp3) is 0.167. The summed E-state index contributed by atoms with van der Waals surface area (Å²) in [6.45, 7) is 1.83. The van der Waals surface area contributed by atoms with E-state index in [0.29, 0.717) is 20.8 Å². The maximum atomic E-state index is 12.3. The number of hydrogen-bond donors (Lipinski definition) is 1. The van der Waals surface area contributed by atoms with Crippen LogP contribution in [0.25, 0.3) is 0 Å². The number of benzene rings is 1. The average molecular weight is 346 g/mol. The number of aromatic nitrogens is 1. The van der Waals surface area contributed by atoms with Crippen molar-refractivity contribution in [1.82, 2.24) is 4.98 Å². The maximum absolute atomic E-state index is 12.3. The average Bonchev–Trinajstić information content (AvgIpc) is 2.77. The fourth-order valence-electron chi connectivity index (χ4n) is 1.44. The molecular formula is C12H10BrClN2OS. The van der Waals surface area contributed by atoms with Gasteiger partial charge in [0.15, 0.2) is 0 Å². The zero-order valence-electron chi connectivity index (χ0n) is 9.48. The summed E-state index contributed by atoms with van der Waals surface area (Å²) in [6, 6.07) is 5.06. The second kappa shape index (κ2) is 5.48. The molecule has 1 aromatic heterocycles. The van der Waals surface area contributed by atoms with Crippen molar-refractivity contribution in [3.63, 3.8) is 0 Å². The van der Waals surface area contributed by atoms with Gasteiger partial charge in [-0.25, -0.2) is 4.98 Å². The number of nitrogens with two attached hydrogens (primary N) is 1. The molecule has 2 N–H and O–H groups in total. The zero-order valence-corrected chi connectivity index (χ0v) is 12.6. The lowest BCUT2D eigenvalue weighted by Gasteiger charge is -2.04. The molecule has 1 heterocycles. The molecule has 0 saturated heterocycles. The van der Waals surface area contributed by atoms with E-state index in [4.69, 9.17) is 17.3 Å². The summed E-state index contributed by atoms with van der Waals surface area (Å²) in [6.07, 6.45) is 0.